The van der Waals surface area contributed by atoms with Crippen LogP contribution in [0.5, 0.6) is 0 Å². The van der Waals surface area contributed by atoms with E-state index < -0.39 is 15.4 Å². The molecule has 30 heavy (non-hydrogen) atoms. The van der Waals surface area contributed by atoms with E-state index in [1.54, 1.807) is 0 Å². The third-order valence-electron chi connectivity index (χ3n) is 5.99. The molecule has 0 aromatic rings. The van der Waals surface area contributed by atoms with Gasteiger partial charge in [-0.3, -0.25) is 0 Å². The molecule has 0 spiro atoms. The maximum atomic E-state index is 11.3. The van der Waals surface area contributed by atoms with Crippen molar-refractivity contribution < 1.29 is 69.5 Å². The number of aliphatic hydroxyl groups is 1. The van der Waals surface area contributed by atoms with Crippen molar-refractivity contribution in [2.24, 2.45) is 0 Å². The fraction of sp³-hybridized carbons (Fsp3) is 1.00. The summed E-state index contributed by atoms with van der Waals surface area (Å²) in [6.07, 6.45) is 21.3. The van der Waals surface area contributed by atoms with Crippen LogP contribution in [0.2, 0.25) is 0 Å². The third kappa shape index (κ3) is 22.7. The predicted molar refractivity (Wildman–Crippen MR) is 123 cm³/mol. The van der Waals surface area contributed by atoms with Crippen LogP contribution < -0.4 is 51.4 Å². The Hall–Kier alpha value is 1.51. The van der Waals surface area contributed by atoms with E-state index in [1.807, 2.05) is 6.92 Å². The Morgan fingerprint density at radius 2 is 0.933 bits per heavy atom. The van der Waals surface area contributed by atoms with Crippen LogP contribution >= 0.6 is 0 Å². The van der Waals surface area contributed by atoms with Crippen LogP contribution in [0.4, 0.5) is 0 Å². The molecule has 0 amide bonds. The second-order valence-corrected chi connectivity index (χ2v) is 10.5. The molecular formula is C24H49KO4S. The summed E-state index contributed by atoms with van der Waals surface area (Å²) >= 11 is 0. The van der Waals surface area contributed by atoms with Gasteiger partial charge in [-0.1, -0.05) is 117 Å². The van der Waals surface area contributed by atoms with E-state index in [-0.39, 0.29) is 57.5 Å². The Labute approximate surface area is 230 Å². The van der Waals surface area contributed by atoms with Crippen molar-refractivity contribution in [1.29, 1.82) is 0 Å². The van der Waals surface area contributed by atoms with Crippen LogP contribution in [0.15, 0.2) is 0 Å². The molecule has 0 aromatic heterocycles. The Morgan fingerprint density at radius 3 is 1.33 bits per heavy atom. The normalized spacial score (nSPS) is 13.7. The molecule has 0 heterocycles. The van der Waals surface area contributed by atoms with Gasteiger partial charge in [-0.25, -0.2) is 8.42 Å². The molecule has 0 aliphatic rings. The van der Waals surface area contributed by atoms with Gasteiger partial charge in [0.1, 0.15) is 0 Å². The molecule has 4 nitrogen and oxygen atoms in total. The van der Waals surface area contributed by atoms with Gasteiger partial charge in [0.15, 0.2) is 0 Å². The maximum absolute atomic E-state index is 11.3. The molecule has 6 heteroatoms. The Bertz CT molecular complexity index is 442. The summed E-state index contributed by atoms with van der Waals surface area (Å²) in [5.74, 6) is 0. The molecular weight excluding hydrogens is 423 g/mol. The second kappa shape index (κ2) is 23.7. The van der Waals surface area contributed by atoms with Gasteiger partial charge < -0.3 is 9.66 Å². The van der Waals surface area contributed by atoms with E-state index in [0.29, 0.717) is 12.8 Å². The minimum absolute atomic E-state index is 0. The topological polar surface area (TPSA) is 77.4 Å². The van der Waals surface area contributed by atoms with Gasteiger partial charge in [-0.05, 0) is 25.7 Å². The number of unbranched alkanes of at least 4 members (excludes halogenated alkanes) is 13. The van der Waals surface area contributed by atoms with Gasteiger partial charge >= 0.3 is 51.4 Å². The number of hydrogen-bond acceptors (Lipinski definition) is 4. The summed E-state index contributed by atoms with van der Waals surface area (Å²) in [7, 11) is -4.13. The summed E-state index contributed by atoms with van der Waals surface area (Å²) in [6.45, 7) is 4.25. The van der Waals surface area contributed by atoms with Crippen LogP contribution in [0.1, 0.15) is 142 Å². The van der Waals surface area contributed by atoms with E-state index in [2.05, 4.69) is 6.92 Å². The predicted octanol–water partition coefficient (Wildman–Crippen LogP) is 4.11. The van der Waals surface area contributed by atoms with E-state index in [1.165, 1.54) is 64.2 Å². The van der Waals surface area contributed by atoms with Crippen LogP contribution in [0, 0.1) is 0 Å². The van der Waals surface area contributed by atoms with Crippen molar-refractivity contribution >= 4 is 10.1 Å². The largest absolute Gasteiger partial charge is 1.00 e. The fourth-order valence-electron chi connectivity index (χ4n) is 3.98. The van der Waals surface area contributed by atoms with Crippen LogP contribution in [-0.2, 0) is 10.1 Å². The Morgan fingerprint density at radius 1 is 0.600 bits per heavy atom. The van der Waals surface area contributed by atoms with Crippen molar-refractivity contribution in [2.75, 3.05) is 0 Å². The second-order valence-electron chi connectivity index (χ2n) is 8.87. The number of hydrogen-bond donors (Lipinski definition) is 1. The Kier molecular flexibility index (Phi) is 26.6. The maximum Gasteiger partial charge on any atom is 1.00 e. The van der Waals surface area contributed by atoms with Crippen molar-refractivity contribution in [3.05, 3.63) is 0 Å². The molecule has 0 fully saturated rings. The van der Waals surface area contributed by atoms with Crippen molar-refractivity contribution in [2.45, 2.75) is 154 Å². The average Bonchev–Trinajstić information content (AvgIpc) is 2.67. The number of aliphatic hydroxyl groups excluding tert-OH is 1. The molecule has 0 rings (SSSR count). The van der Waals surface area contributed by atoms with Crippen LogP contribution in [0.3, 0.4) is 0 Å². The van der Waals surface area contributed by atoms with Gasteiger partial charge in [0.2, 0.25) is 0 Å². The number of rotatable bonds is 22. The smallest absolute Gasteiger partial charge is 0.748 e. The quantitative estimate of drug-likeness (QED) is 0.146. The zero-order valence-corrected chi connectivity index (χ0v) is 24.3. The molecule has 2 unspecified atom stereocenters. The minimum Gasteiger partial charge on any atom is -0.748 e. The van der Waals surface area contributed by atoms with E-state index in [9.17, 15) is 18.1 Å². The molecule has 0 aromatic carbocycles. The van der Waals surface area contributed by atoms with E-state index in [0.717, 1.165) is 51.4 Å². The van der Waals surface area contributed by atoms with Gasteiger partial charge in [0, 0.05) is 5.25 Å². The molecule has 2 atom stereocenters. The summed E-state index contributed by atoms with van der Waals surface area (Å²) in [6, 6.07) is 0. The average molecular weight is 473 g/mol. The van der Waals surface area contributed by atoms with Crippen LogP contribution in [-0.4, -0.2) is 29.4 Å². The molecule has 0 saturated carbocycles. The van der Waals surface area contributed by atoms with Gasteiger partial charge in [-0.15, -0.1) is 0 Å². The molecule has 1 N–H and O–H groups in total. The molecule has 0 aliphatic carbocycles. The molecule has 176 valence electrons. The van der Waals surface area contributed by atoms with Crippen LogP contribution in [0.25, 0.3) is 0 Å². The first-order valence-corrected chi connectivity index (χ1v) is 14.0. The van der Waals surface area contributed by atoms with Gasteiger partial charge in [0.25, 0.3) is 0 Å². The molecule has 0 radical (unpaired) electrons. The monoisotopic (exact) mass is 472 g/mol. The Balaban J connectivity index is 0. The van der Waals surface area contributed by atoms with Crippen molar-refractivity contribution in [1.82, 2.24) is 0 Å². The zero-order valence-electron chi connectivity index (χ0n) is 20.4. The van der Waals surface area contributed by atoms with E-state index >= 15 is 0 Å². The first kappa shape index (κ1) is 33.7. The molecule has 0 aliphatic heterocycles. The van der Waals surface area contributed by atoms with Crippen molar-refractivity contribution in [3.8, 4) is 0 Å². The molecule has 0 saturated heterocycles. The first-order valence-electron chi connectivity index (χ1n) is 12.5. The standard InChI is InChI=1S/C24H50O4S.K/c1-3-5-7-13-16-19-23(25)20-17-14-11-9-8-10-12-15-18-22-24(21-6-4-2)29(26,27)28;/h23-25H,3-22H2,1-2H3,(H,26,27,28);/q;+1/p-1. The molecule has 0 bridgehead atoms. The van der Waals surface area contributed by atoms with Crippen molar-refractivity contribution in [3.63, 3.8) is 0 Å². The summed E-state index contributed by atoms with van der Waals surface area (Å²) < 4.78 is 33.9. The van der Waals surface area contributed by atoms with E-state index in [4.69, 9.17) is 0 Å². The SMILES string of the molecule is CCCCCCCC(O)CCCCCCCCCCCC(CCCC)S(=O)(=O)[O-].[K+]. The first-order chi connectivity index (χ1) is 13.9. The fourth-order valence-corrected chi connectivity index (χ4v) is 4.89. The summed E-state index contributed by atoms with van der Waals surface area (Å²) in [4.78, 5) is 0. The summed E-state index contributed by atoms with van der Waals surface area (Å²) in [5, 5.41) is 9.34. The van der Waals surface area contributed by atoms with Gasteiger partial charge in [-0.2, -0.15) is 0 Å². The third-order valence-corrected chi connectivity index (χ3v) is 7.28. The minimum atomic E-state index is -4.13. The zero-order chi connectivity index (χ0) is 21.8. The summed E-state index contributed by atoms with van der Waals surface area (Å²) in [5.41, 5.74) is 0. The van der Waals surface area contributed by atoms with Gasteiger partial charge in [0.05, 0.1) is 16.2 Å².